The number of carbonyl (C=O) groups excluding carboxylic acids is 1. The average Bonchev–Trinajstić information content (AvgIpc) is 2.45. The van der Waals surface area contributed by atoms with Gasteiger partial charge in [0, 0.05) is 22.9 Å². The van der Waals surface area contributed by atoms with E-state index in [0.717, 1.165) is 11.3 Å². The highest BCUT2D eigenvalue weighted by atomic mass is 35.5. The number of carbonyl (C=O) groups is 1. The van der Waals surface area contributed by atoms with Gasteiger partial charge in [-0.05, 0) is 36.2 Å². The minimum Gasteiger partial charge on any atom is -0.384 e. The molecule has 21 heavy (non-hydrogen) atoms. The summed E-state index contributed by atoms with van der Waals surface area (Å²) in [6.07, 6.45) is 0.665. The molecule has 3 rings (SSSR count). The summed E-state index contributed by atoms with van der Waals surface area (Å²) in [5, 5.41) is 6.22. The number of rotatable bonds is 2. The van der Waals surface area contributed by atoms with Crippen molar-refractivity contribution in [2.75, 3.05) is 17.2 Å². The van der Waals surface area contributed by atoms with Gasteiger partial charge in [-0.1, -0.05) is 29.8 Å². The largest absolute Gasteiger partial charge is 0.384 e. The second kappa shape index (κ2) is 5.74. The Balaban J connectivity index is 1.72. The Morgan fingerprint density at radius 2 is 2.10 bits per heavy atom. The first-order valence-corrected chi connectivity index (χ1v) is 7.08. The van der Waals surface area contributed by atoms with E-state index in [9.17, 15) is 9.18 Å². The zero-order chi connectivity index (χ0) is 14.8. The van der Waals surface area contributed by atoms with Gasteiger partial charge in [-0.25, -0.2) is 4.39 Å². The molecule has 0 saturated heterocycles. The molecule has 108 valence electrons. The van der Waals surface area contributed by atoms with Crippen LogP contribution in [-0.4, -0.2) is 12.5 Å². The molecule has 0 aliphatic carbocycles. The van der Waals surface area contributed by atoms with Gasteiger partial charge in [0.2, 0.25) is 5.91 Å². The summed E-state index contributed by atoms with van der Waals surface area (Å²) in [5.41, 5.74) is 2.56. The fourth-order valence-corrected chi connectivity index (χ4v) is 2.72. The first-order valence-electron chi connectivity index (χ1n) is 6.70. The smallest absolute Gasteiger partial charge is 0.229 e. The molecule has 1 aliphatic rings. The van der Waals surface area contributed by atoms with Crippen LogP contribution >= 0.6 is 11.6 Å². The van der Waals surface area contributed by atoms with Gasteiger partial charge in [0.05, 0.1) is 5.92 Å². The average molecular weight is 305 g/mol. The first-order chi connectivity index (χ1) is 10.1. The number of fused-ring (bicyclic) bond motifs is 1. The van der Waals surface area contributed by atoms with E-state index in [1.54, 1.807) is 0 Å². The van der Waals surface area contributed by atoms with E-state index < -0.39 is 5.82 Å². The summed E-state index contributed by atoms with van der Waals surface area (Å²) in [6, 6.07) is 11.9. The molecule has 0 aromatic heterocycles. The van der Waals surface area contributed by atoms with Crippen molar-refractivity contribution in [1.29, 1.82) is 0 Å². The normalized spacial score (nSPS) is 16.8. The summed E-state index contributed by atoms with van der Waals surface area (Å²) >= 11 is 5.78. The lowest BCUT2D eigenvalue weighted by Gasteiger charge is -2.25. The van der Waals surface area contributed by atoms with E-state index in [1.807, 2.05) is 24.3 Å². The van der Waals surface area contributed by atoms with Gasteiger partial charge < -0.3 is 10.6 Å². The van der Waals surface area contributed by atoms with Crippen LogP contribution in [0.15, 0.2) is 42.5 Å². The maximum atomic E-state index is 13.3. The lowest BCUT2D eigenvalue weighted by Crippen LogP contribution is -2.33. The Morgan fingerprint density at radius 3 is 2.90 bits per heavy atom. The van der Waals surface area contributed by atoms with Crippen molar-refractivity contribution < 1.29 is 9.18 Å². The fraction of sp³-hybridized carbons (Fsp3) is 0.188. The molecule has 1 atom stereocenters. The number of hydrogen-bond donors (Lipinski definition) is 2. The van der Waals surface area contributed by atoms with Crippen LogP contribution < -0.4 is 10.6 Å². The molecule has 1 aliphatic heterocycles. The Bertz CT molecular complexity index is 669. The van der Waals surface area contributed by atoms with Crippen LogP contribution in [-0.2, 0) is 11.2 Å². The van der Waals surface area contributed by atoms with Gasteiger partial charge in [-0.3, -0.25) is 4.79 Å². The van der Waals surface area contributed by atoms with E-state index in [0.29, 0.717) is 18.7 Å². The second-order valence-corrected chi connectivity index (χ2v) is 5.52. The molecule has 2 aromatic rings. The predicted octanol–water partition coefficient (Wildman–Crippen LogP) is 3.70. The van der Waals surface area contributed by atoms with Crippen LogP contribution in [0.3, 0.4) is 0 Å². The number of para-hydroxylation sites is 1. The predicted molar refractivity (Wildman–Crippen MR) is 82.2 cm³/mol. The summed E-state index contributed by atoms with van der Waals surface area (Å²) in [6.45, 7) is 0.561. The summed E-state index contributed by atoms with van der Waals surface area (Å²) in [7, 11) is 0. The van der Waals surface area contributed by atoms with Crippen LogP contribution in [0.1, 0.15) is 5.56 Å². The Labute approximate surface area is 127 Å². The molecule has 2 N–H and O–H groups in total. The fourth-order valence-electron chi connectivity index (χ4n) is 2.50. The monoisotopic (exact) mass is 304 g/mol. The Hall–Kier alpha value is -2.07. The minimum atomic E-state index is -0.468. The zero-order valence-corrected chi connectivity index (χ0v) is 12.0. The molecule has 1 amide bonds. The van der Waals surface area contributed by atoms with Crippen molar-refractivity contribution in [3.05, 3.63) is 58.9 Å². The third-order valence-electron chi connectivity index (χ3n) is 3.52. The molecule has 2 aromatic carbocycles. The zero-order valence-electron chi connectivity index (χ0n) is 11.2. The van der Waals surface area contributed by atoms with E-state index in [-0.39, 0.29) is 16.8 Å². The highest BCUT2D eigenvalue weighted by Gasteiger charge is 2.24. The molecule has 0 saturated carbocycles. The number of halogens is 2. The van der Waals surface area contributed by atoms with Crippen LogP contribution in [0.5, 0.6) is 0 Å². The van der Waals surface area contributed by atoms with Crippen molar-refractivity contribution in [3.8, 4) is 0 Å². The number of anilines is 2. The third kappa shape index (κ3) is 3.16. The standard InChI is InChI=1S/C16H14ClFN2O/c17-12-6-13(18)8-14(7-12)20-16(21)11-5-10-3-1-2-4-15(10)19-9-11/h1-4,6-8,11,19H,5,9H2,(H,20,21). The van der Waals surface area contributed by atoms with E-state index in [2.05, 4.69) is 10.6 Å². The SMILES string of the molecule is O=C(Nc1cc(F)cc(Cl)c1)C1CNc2ccccc2C1. The van der Waals surface area contributed by atoms with Gasteiger partial charge in [0.1, 0.15) is 5.82 Å². The molecule has 3 nitrogen and oxygen atoms in total. The summed E-state index contributed by atoms with van der Waals surface area (Å²) in [5.74, 6) is -0.800. The van der Waals surface area contributed by atoms with Gasteiger partial charge in [-0.2, -0.15) is 0 Å². The Kier molecular flexibility index (Phi) is 3.80. The van der Waals surface area contributed by atoms with E-state index in [4.69, 9.17) is 11.6 Å². The van der Waals surface area contributed by atoms with Crippen molar-refractivity contribution in [2.45, 2.75) is 6.42 Å². The van der Waals surface area contributed by atoms with E-state index in [1.165, 1.54) is 18.2 Å². The summed E-state index contributed by atoms with van der Waals surface area (Å²) in [4.78, 5) is 12.3. The van der Waals surface area contributed by atoms with Crippen molar-refractivity contribution >= 4 is 28.9 Å². The van der Waals surface area contributed by atoms with Gasteiger partial charge in [0.25, 0.3) is 0 Å². The molecular formula is C16H14ClFN2O. The molecular weight excluding hydrogens is 291 g/mol. The van der Waals surface area contributed by atoms with Crippen molar-refractivity contribution in [2.24, 2.45) is 5.92 Å². The first kappa shape index (κ1) is 13.9. The number of hydrogen-bond acceptors (Lipinski definition) is 2. The van der Waals surface area contributed by atoms with Crippen LogP contribution in [0, 0.1) is 11.7 Å². The summed E-state index contributed by atoms with van der Waals surface area (Å²) < 4.78 is 13.3. The van der Waals surface area contributed by atoms with Gasteiger partial charge >= 0.3 is 0 Å². The third-order valence-corrected chi connectivity index (χ3v) is 3.74. The Morgan fingerprint density at radius 1 is 1.29 bits per heavy atom. The lowest BCUT2D eigenvalue weighted by molar-refractivity contribution is -0.119. The highest BCUT2D eigenvalue weighted by molar-refractivity contribution is 6.30. The van der Waals surface area contributed by atoms with Gasteiger partial charge in [-0.15, -0.1) is 0 Å². The molecule has 1 unspecified atom stereocenters. The van der Waals surface area contributed by atoms with Crippen LogP contribution in [0.2, 0.25) is 5.02 Å². The maximum Gasteiger partial charge on any atom is 0.229 e. The van der Waals surface area contributed by atoms with Crippen molar-refractivity contribution in [1.82, 2.24) is 0 Å². The van der Waals surface area contributed by atoms with Gasteiger partial charge in [0.15, 0.2) is 0 Å². The van der Waals surface area contributed by atoms with Crippen molar-refractivity contribution in [3.63, 3.8) is 0 Å². The highest BCUT2D eigenvalue weighted by Crippen LogP contribution is 2.25. The maximum absolute atomic E-state index is 13.3. The van der Waals surface area contributed by atoms with E-state index >= 15 is 0 Å². The molecule has 0 fully saturated rings. The van der Waals surface area contributed by atoms with Crippen LogP contribution in [0.25, 0.3) is 0 Å². The lowest BCUT2D eigenvalue weighted by atomic mass is 9.93. The minimum absolute atomic E-state index is 0.140. The second-order valence-electron chi connectivity index (χ2n) is 5.09. The molecule has 0 spiro atoms. The molecule has 0 bridgehead atoms. The number of amides is 1. The topological polar surface area (TPSA) is 41.1 Å². The molecule has 1 heterocycles. The molecule has 0 radical (unpaired) electrons. The quantitative estimate of drug-likeness (QED) is 0.888. The number of nitrogens with one attached hydrogen (secondary N) is 2. The molecule has 5 heteroatoms. The number of benzene rings is 2. The van der Waals surface area contributed by atoms with Crippen LogP contribution in [0.4, 0.5) is 15.8 Å².